The summed E-state index contributed by atoms with van der Waals surface area (Å²) in [5.74, 6) is 0. The molecule has 0 radical (unpaired) electrons. The lowest BCUT2D eigenvalue weighted by molar-refractivity contribution is 0.140. The largest absolute Gasteiger partial charge is 0.313 e. The number of benzene rings is 1. The Morgan fingerprint density at radius 3 is 2.57 bits per heavy atom. The van der Waals surface area contributed by atoms with Gasteiger partial charge in [0.2, 0.25) is 0 Å². The van der Waals surface area contributed by atoms with Gasteiger partial charge >= 0.3 is 0 Å². The summed E-state index contributed by atoms with van der Waals surface area (Å²) in [7, 11) is 6.60. The van der Waals surface area contributed by atoms with Crippen molar-refractivity contribution >= 4 is 0 Å². The summed E-state index contributed by atoms with van der Waals surface area (Å²) >= 11 is 0. The predicted molar refractivity (Wildman–Crippen MR) is 90.7 cm³/mol. The first kappa shape index (κ1) is 16.5. The van der Waals surface area contributed by atoms with Crippen LogP contribution >= 0.6 is 0 Å². The third-order valence-corrected chi connectivity index (χ3v) is 4.99. The first-order chi connectivity index (χ1) is 10.1. The van der Waals surface area contributed by atoms with E-state index < -0.39 is 0 Å². The third-order valence-electron chi connectivity index (χ3n) is 4.99. The van der Waals surface area contributed by atoms with Crippen LogP contribution < -0.4 is 5.32 Å². The quantitative estimate of drug-likeness (QED) is 0.868. The van der Waals surface area contributed by atoms with E-state index in [1.54, 1.807) is 0 Å². The molecular formula is C18H31N3. The zero-order chi connectivity index (χ0) is 15.2. The smallest absolute Gasteiger partial charge is 0.0332 e. The highest BCUT2D eigenvalue weighted by atomic mass is 15.2. The fraction of sp³-hybridized carbons (Fsp3) is 0.667. The minimum absolute atomic E-state index is 0.458. The van der Waals surface area contributed by atoms with Crippen molar-refractivity contribution in [1.82, 2.24) is 15.1 Å². The van der Waals surface area contributed by atoms with E-state index in [-0.39, 0.29) is 0 Å². The summed E-state index contributed by atoms with van der Waals surface area (Å²) in [6.45, 7) is 5.85. The van der Waals surface area contributed by atoms with Crippen molar-refractivity contribution < 1.29 is 0 Å². The van der Waals surface area contributed by atoms with Crippen LogP contribution in [0.25, 0.3) is 0 Å². The first-order valence-corrected chi connectivity index (χ1v) is 8.23. The molecule has 0 saturated carbocycles. The third kappa shape index (κ3) is 4.53. The molecule has 21 heavy (non-hydrogen) atoms. The summed E-state index contributed by atoms with van der Waals surface area (Å²) < 4.78 is 0. The highest BCUT2D eigenvalue weighted by molar-refractivity contribution is 5.28. The molecule has 3 nitrogen and oxygen atoms in total. The van der Waals surface area contributed by atoms with Gasteiger partial charge in [-0.05, 0) is 78.1 Å². The zero-order valence-electron chi connectivity index (χ0n) is 14.1. The lowest BCUT2D eigenvalue weighted by atomic mass is 9.98. The number of hydrogen-bond acceptors (Lipinski definition) is 3. The standard InChI is InChI=1S/C18H31N3/c1-15-7-5-6-8-17(15)18(19-2)11-14-21(4)16-9-12-20(3)13-10-16/h5-8,16,18-19H,9-14H2,1-4H3. The number of nitrogens with zero attached hydrogens (tertiary/aromatic N) is 2. The molecule has 0 amide bonds. The molecule has 0 aromatic heterocycles. The fourth-order valence-electron chi connectivity index (χ4n) is 3.38. The van der Waals surface area contributed by atoms with E-state index in [9.17, 15) is 0 Å². The monoisotopic (exact) mass is 289 g/mol. The van der Waals surface area contributed by atoms with Gasteiger partial charge in [-0.15, -0.1) is 0 Å². The van der Waals surface area contributed by atoms with Gasteiger partial charge in [0.1, 0.15) is 0 Å². The van der Waals surface area contributed by atoms with Crippen molar-refractivity contribution in [2.24, 2.45) is 0 Å². The van der Waals surface area contributed by atoms with E-state index in [0.717, 1.165) is 12.6 Å². The second-order valence-electron chi connectivity index (χ2n) is 6.50. The van der Waals surface area contributed by atoms with Gasteiger partial charge in [-0.3, -0.25) is 0 Å². The highest BCUT2D eigenvalue weighted by Gasteiger charge is 2.21. The van der Waals surface area contributed by atoms with Crippen molar-refractivity contribution in [2.75, 3.05) is 40.8 Å². The first-order valence-electron chi connectivity index (χ1n) is 8.23. The maximum Gasteiger partial charge on any atom is 0.0332 e. The maximum atomic E-state index is 3.49. The molecule has 1 unspecified atom stereocenters. The molecule has 0 spiro atoms. The number of aryl methyl sites for hydroxylation is 1. The zero-order valence-corrected chi connectivity index (χ0v) is 14.1. The molecule has 1 aliphatic heterocycles. The summed E-state index contributed by atoms with van der Waals surface area (Å²) in [6, 6.07) is 9.95. The number of hydrogen-bond donors (Lipinski definition) is 1. The predicted octanol–water partition coefficient (Wildman–Crippen LogP) is 2.67. The lowest BCUT2D eigenvalue weighted by Gasteiger charge is -2.35. The number of nitrogens with one attached hydrogen (secondary N) is 1. The Morgan fingerprint density at radius 2 is 1.95 bits per heavy atom. The minimum Gasteiger partial charge on any atom is -0.313 e. The van der Waals surface area contributed by atoms with Crippen LogP contribution in [-0.2, 0) is 0 Å². The molecule has 1 aliphatic rings. The fourth-order valence-corrected chi connectivity index (χ4v) is 3.38. The number of likely N-dealkylation sites (tertiary alicyclic amines) is 1. The molecule has 3 heteroatoms. The maximum absolute atomic E-state index is 3.49. The van der Waals surface area contributed by atoms with Crippen LogP contribution in [-0.4, -0.2) is 56.6 Å². The summed E-state index contributed by atoms with van der Waals surface area (Å²) in [5, 5.41) is 3.49. The van der Waals surface area contributed by atoms with Gasteiger partial charge in [-0.1, -0.05) is 24.3 Å². The molecule has 0 aliphatic carbocycles. The molecule has 1 aromatic rings. The van der Waals surface area contributed by atoms with E-state index in [2.05, 4.69) is 67.4 Å². The molecule has 1 aromatic carbocycles. The molecule has 118 valence electrons. The van der Waals surface area contributed by atoms with Gasteiger partial charge in [0.05, 0.1) is 0 Å². The summed E-state index contributed by atoms with van der Waals surface area (Å²) in [4.78, 5) is 5.00. The van der Waals surface area contributed by atoms with Crippen molar-refractivity contribution in [3.05, 3.63) is 35.4 Å². The SMILES string of the molecule is CNC(CCN(C)C1CCN(C)CC1)c1ccccc1C. The minimum atomic E-state index is 0.458. The van der Waals surface area contributed by atoms with Gasteiger partial charge in [-0.2, -0.15) is 0 Å². The second-order valence-corrected chi connectivity index (χ2v) is 6.50. The molecule has 1 fully saturated rings. The molecule has 1 atom stereocenters. The Morgan fingerprint density at radius 1 is 1.29 bits per heavy atom. The van der Waals surface area contributed by atoms with Gasteiger partial charge < -0.3 is 15.1 Å². The lowest BCUT2D eigenvalue weighted by Crippen LogP contribution is -2.42. The van der Waals surface area contributed by atoms with Gasteiger partial charge in [0, 0.05) is 12.1 Å². The van der Waals surface area contributed by atoms with E-state index in [1.165, 1.54) is 43.5 Å². The average molecular weight is 289 g/mol. The average Bonchev–Trinajstić information content (AvgIpc) is 2.50. The second kappa shape index (κ2) is 7.92. The van der Waals surface area contributed by atoms with Crippen LogP contribution in [0.15, 0.2) is 24.3 Å². The topological polar surface area (TPSA) is 18.5 Å². The Bertz CT molecular complexity index is 424. The molecule has 2 rings (SSSR count). The van der Waals surface area contributed by atoms with Crippen LogP contribution in [0, 0.1) is 6.92 Å². The molecule has 1 N–H and O–H groups in total. The Balaban J connectivity index is 1.87. The van der Waals surface area contributed by atoms with Crippen LogP contribution in [0.5, 0.6) is 0 Å². The summed E-state index contributed by atoms with van der Waals surface area (Å²) in [5.41, 5.74) is 2.83. The van der Waals surface area contributed by atoms with Crippen LogP contribution in [0.4, 0.5) is 0 Å². The summed E-state index contributed by atoms with van der Waals surface area (Å²) in [6.07, 6.45) is 3.79. The molecule has 1 saturated heterocycles. The molecule has 0 bridgehead atoms. The van der Waals surface area contributed by atoms with Crippen molar-refractivity contribution in [3.63, 3.8) is 0 Å². The van der Waals surface area contributed by atoms with Gasteiger partial charge in [0.15, 0.2) is 0 Å². The Kier molecular flexibility index (Phi) is 6.22. The van der Waals surface area contributed by atoms with Crippen LogP contribution in [0.3, 0.4) is 0 Å². The number of rotatable bonds is 6. The van der Waals surface area contributed by atoms with Crippen molar-refractivity contribution in [2.45, 2.75) is 38.3 Å². The normalized spacial score (nSPS) is 19.1. The van der Waals surface area contributed by atoms with Crippen LogP contribution in [0.1, 0.15) is 36.4 Å². The molecular weight excluding hydrogens is 258 g/mol. The van der Waals surface area contributed by atoms with E-state index in [0.29, 0.717) is 6.04 Å². The van der Waals surface area contributed by atoms with Gasteiger partial charge in [-0.25, -0.2) is 0 Å². The number of piperidine rings is 1. The molecule has 1 heterocycles. The van der Waals surface area contributed by atoms with E-state index in [4.69, 9.17) is 0 Å². The van der Waals surface area contributed by atoms with E-state index >= 15 is 0 Å². The van der Waals surface area contributed by atoms with Gasteiger partial charge in [0.25, 0.3) is 0 Å². The Labute approximate surface area is 130 Å². The Hall–Kier alpha value is -0.900. The van der Waals surface area contributed by atoms with Crippen molar-refractivity contribution in [3.8, 4) is 0 Å². The highest BCUT2D eigenvalue weighted by Crippen LogP contribution is 2.22. The van der Waals surface area contributed by atoms with Crippen LogP contribution in [0.2, 0.25) is 0 Å². The van der Waals surface area contributed by atoms with E-state index in [1.807, 2.05) is 0 Å². The van der Waals surface area contributed by atoms with Crippen molar-refractivity contribution in [1.29, 1.82) is 0 Å².